The van der Waals surface area contributed by atoms with Crippen molar-refractivity contribution in [1.82, 2.24) is 15.3 Å². The number of para-hydroxylation sites is 2. The van der Waals surface area contributed by atoms with Crippen LogP contribution in [-0.2, 0) is 6.42 Å². The molecule has 0 fully saturated rings. The third-order valence-electron chi connectivity index (χ3n) is 3.16. The summed E-state index contributed by atoms with van der Waals surface area (Å²) < 4.78 is 0. The van der Waals surface area contributed by atoms with Gasteiger partial charge in [0, 0.05) is 25.6 Å². The average Bonchev–Trinajstić information content (AvgIpc) is 2.76. The number of hydrogen-bond donors (Lipinski definition) is 3. The Labute approximate surface area is 114 Å². The van der Waals surface area contributed by atoms with E-state index in [1.807, 2.05) is 18.2 Å². The van der Waals surface area contributed by atoms with Crippen molar-refractivity contribution in [2.45, 2.75) is 32.7 Å². The minimum Gasteiger partial charge on any atom is -0.342 e. The van der Waals surface area contributed by atoms with E-state index in [1.54, 1.807) is 0 Å². The molecule has 0 amide bonds. The molecule has 0 bridgehead atoms. The summed E-state index contributed by atoms with van der Waals surface area (Å²) in [5, 5.41) is 3.40. The fourth-order valence-corrected chi connectivity index (χ4v) is 2.31. The topological polar surface area (TPSA) is 66.7 Å². The van der Waals surface area contributed by atoms with Crippen LogP contribution in [0.2, 0.25) is 0 Å². The molecule has 2 rings (SSSR count). The van der Waals surface area contributed by atoms with Crippen LogP contribution in [0.3, 0.4) is 0 Å². The molecule has 1 heterocycles. The number of nitrogens with two attached hydrogens (primary N) is 1. The average molecular weight is 260 g/mol. The third kappa shape index (κ3) is 4.33. The van der Waals surface area contributed by atoms with Crippen LogP contribution in [0.25, 0.3) is 11.0 Å². The fourth-order valence-electron chi connectivity index (χ4n) is 2.31. The molecule has 1 aromatic heterocycles. The molecule has 1 aromatic carbocycles. The van der Waals surface area contributed by atoms with Gasteiger partial charge >= 0.3 is 0 Å². The molecule has 1 unspecified atom stereocenters. The van der Waals surface area contributed by atoms with E-state index in [0.717, 1.165) is 42.8 Å². The Morgan fingerprint density at radius 3 is 2.84 bits per heavy atom. The Hall–Kier alpha value is -1.39. The first-order chi connectivity index (χ1) is 9.15. The Bertz CT molecular complexity index is 471. The largest absolute Gasteiger partial charge is 0.342 e. The molecule has 4 heteroatoms. The lowest BCUT2D eigenvalue weighted by molar-refractivity contribution is 0.468. The summed E-state index contributed by atoms with van der Waals surface area (Å²) in [6.07, 6.45) is 1.97. The van der Waals surface area contributed by atoms with Crippen molar-refractivity contribution in [3.63, 3.8) is 0 Å². The highest BCUT2D eigenvalue weighted by Crippen LogP contribution is 2.10. The Morgan fingerprint density at radius 1 is 1.32 bits per heavy atom. The molecular weight excluding hydrogens is 236 g/mol. The van der Waals surface area contributed by atoms with Crippen molar-refractivity contribution in [3.8, 4) is 0 Å². The van der Waals surface area contributed by atoms with Crippen LogP contribution in [0.1, 0.15) is 26.1 Å². The van der Waals surface area contributed by atoms with E-state index < -0.39 is 0 Å². The smallest absolute Gasteiger partial charge is 0.108 e. The number of rotatable bonds is 7. The summed E-state index contributed by atoms with van der Waals surface area (Å²) in [5.74, 6) is 1.69. The van der Waals surface area contributed by atoms with E-state index in [4.69, 9.17) is 5.73 Å². The Morgan fingerprint density at radius 2 is 2.11 bits per heavy atom. The van der Waals surface area contributed by atoms with Crippen LogP contribution in [-0.4, -0.2) is 29.1 Å². The molecule has 4 nitrogen and oxygen atoms in total. The molecule has 4 N–H and O–H groups in total. The van der Waals surface area contributed by atoms with Gasteiger partial charge in [-0.25, -0.2) is 4.98 Å². The second kappa shape index (κ2) is 6.68. The minimum atomic E-state index is 0.246. The van der Waals surface area contributed by atoms with E-state index >= 15 is 0 Å². The van der Waals surface area contributed by atoms with E-state index in [-0.39, 0.29) is 6.04 Å². The summed E-state index contributed by atoms with van der Waals surface area (Å²) in [7, 11) is 0. The normalized spacial score (nSPS) is 13.3. The summed E-state index contributed by atoms with van der Waals surface area (Å²) in [5.41, 5.74) is 8.17. The van der Waals surface area contributed by atoms with Crippen LogP contribution in [0.4, 0.5) is 0 Å². The maximum Gasteiger partial charge on any atom is 0.108 e. The second-order valence-corrected chi connectivity index (χ2v) is 5.54. The number of aromatic nitrogens is 2. The predicted molar refractivity (Wildman–Crippen MR) is 80.1 cm³/mol. The van der Waals surface area contributed by atoms with Crippen molar-refractivity contribution in [2.24, 2.45) is 11.7 Å². The zero-order valence-corrected chi connectivity index (χ0v) is 11.8. The molecule has 0 spiro atoms. The zero-order chi connectivity index (χ0) is 13.7. The highest BCUT2D eigenvalue weighted by atomic mass is 14.9. The van der Waals surface area contributed by atoms with Crippen molar-refractivity contribution in [3.05, 3.63) is 30.1 Å². The molecule has 0 saturated carbocycles. The number of fused-ring (bicyclic) bond motifs is 1. The Kier molecular flexibility index (Phi) is 4.93. The monoisotopic (exact) mass is 260 g/mol. The van der Waals surface area contributed by atoms with Crippen LogP contribution < -0.4 is 11.1 Å². The number of H-pyrrole nitrogens is 1. The molecule has 0 aliphatic rings. The fraction of sp³-hybridized carbons (Fsp3) is 0.533. The summed E-state index contributed by atoms with van der Waals surface area (Å²) in [6, 6.07) is 8.36. The van der Waals surface area contributed by atoms with Gasteiger partial charge in [-0.2, -0.15) is 0 Å². The lowest BCUT2D eigenvalue weighted by atomic mass is 10.0. The molecule has 1 atom stereocenters. The molecule has 2 aromatic rings. The van der Waals surface area contributed by atoms with Crippen LogP contribution in [0.15, 0.2) is 24.3 Å². The van der Waals surface area contributed by atoms with Gasteiger partial charge in [0.05, 0.1) is 11.0 Å². The number of nitrogens with one attached hydrogen (secondary N) is 2. The van der Waals surface area contributed by atoms with E-state index in [9.17, 15) is 0 Å². The molecular formula is C15H24N4. The predicted octanol–water partition coefficient (Wildman–Crippen LogP) is 2.07. The molecule has 0 radical (unpaired) electrons. The summed E-state index contributed by atoms with van der Waals surface area (Å²) in [4.78, 5) is 7.88. The van der Waals surface area contributed by atoms with Crippen molar-refractivity contribution in [2.75, 3.05) is 13.1 Å². The van der Waals surface area contributed by atoms with Gasteiger partial charge in [-0.1, -0.05) is 26.0 Å². The maximum atomic E-state index is 6.03. The van der Waals surface area contributed by atoms with Gasteiger partial charge in [-0.15, -0.1) is 0 Å². The number of aromatic amines is 1. The number of hydrogen-bond acceptors (Lipinski definition) is 3. The third-order valence-corrected chi connectivity index (χ3v) is 3.16. The van der Waals surface area contributed by atoms with Crippen molar-refractivity contribution in [1.29, 1.82) is 0 Å². The highest BCUT2D eigenvalue weighted by Gasteiger charge is 2.05. The van der Waals surface area contributed by atoms with E-state index in [1.165, 1.54) is 0 Å². The van der Waals surface area contributed by atoms with Gasteiger partial charge in [0.15, 0.2) is 0 Å². The standard InChI is InChI=1S/C15H24N4/c1-11(2)9-12(16)10-17-8-7-15-18-13-5-3-4-6-14(13)19-15/h3-6,11-12,17H,7-10,16H2,1-2H3,(H,18,19). The lowest BCUT2D eigenvalue weighted by Crippen LogP contribution is -2.35. The first-order valence-electron chi connectivity index (χ1n) is 7.05. The lowest BCUT2D eigenvalue weighted by Gasteiger charge is -2.14. The van der Waals surface area contributed by atoms with Crippen LogP contribution >= 0.6 is 0 Å². The van der Waals surface area contributed by atoms with E-state index in [0.29, 0.717) is 5.92 Å². The van der Waals surface area contributed by atoms with Crippen LogP contribution in [0.5, 0.6) is 0 Å². The van der Waals surface area contributed by atoms with Crippen molar-refractivity contribution < 1.29 is 0 Å². The van der Waals surface area contributed by atoms with Gasteiger partial charge in [0.1, 0.15) is 5.82 Å². The molecule has 0 saturated heterocycles. The second-order valence-electron chi connectivity index (χ2n) is 5.54. The highest BCUT2D eigenvalue weighted by molar-refractivity contribution is 5.74. The van der Waals surface area contributed by atoms with E-state index in [2.05, 4.69) is 35.2 Å². The molecule has 0 aliphatic carbocycles. The van der Waals surface area contributed by atoms with Gasteiger partial charge in [0.2, 0.25) is 0 Å². The summed E-state index contributed by atoms with van der Waals surface area (Å²) >= 11 is 0. The molecule has 104 valence electrons. The SMILES string of the molecule is CC(C)CC(N)CNCCc1nc2ccccc2[nH]1. The first kappa shape index (κ1) is 14.0. The van der Waals surface area contributed by atoms with Crippen LogP contribution in [0, 0.1) is 5.92 Å². The van der Waals surface area contributed by atoms with Crippen molar-refractivity contribution >= 4 is 11.0 Å². The number of benzene rings is 1. The Balaban J connectivity index is 1.73. The zero-order valence-electron chi connectivity index (χ0n) is 11.8. The number of imidazole rings is 1. The number of nitrogens with zero attached hydrogens (tertiary/aromatic N) is 1. The van der Waals surface area contributed by atoms with Gasteiger partial charge in [-0.3, -0.25) is 0 Å². The summed E-state index contributed by atoms with van der Waals surface area (Å²) in [6.45, 7) is 6.19. The quantitative estimate of drug-likeness (QED) is 0.668. The van der Waals surface area contributed by atoms with Gasteiger partial charge < -0.3 is 16.0 Å². The first-order valence-corrected chi connectivity index (χ1v) is 7.05. The molecule has 19 heavy (non-hydrogen) atoms. The molecule has 0 aliphatic heterocycles. The van der Waals surface area contributed by atoms with Gasteiger partial charge in [0.25, 0.3) is 0 Å². The maximum absolute atomic E-state index is 6.03. The minimum absolute atomic E-state index is 0.246. The van der Waals surface area contributed by atoms with Gasteiger partial charge in [-0.05, 0) is 24.5 Å².